The summed E-state index contributed by atoms with van der Waals surface area (Å²) < 4.78 is 4.27. The van der Waals surface area contributed by atoms with Crippen LogP contribution in [0.1, 0.15) is 17.2 Å². The van der Waals surface area contributed by atoms with Gasteiger partial charge >= 0.3 is 5.97 Å². The topological polar surface area (TPSA) is 110 Å². The number of carbonyl (C=O) groups is 1. The Morgan fingerprint density at radius 1 is 1.44 bits per heavy atom. The standard InChI is InChI=1S/C11H13NO6/c1-6-3-4-7(5-8(6)12(16)17)9(13)10(14)11(15)18-2/h3-5,9-10,13-14H,1-2H3. The summed E-state index contributed by atoms with van der Waals surface area (Å²) in [5, 5.41) is 29.9. The molecule has 98 valence electrons. The van der Waals surface area contributed by atoms with Crippen LogP contribution in [0.2, 0.25) is 0 Å². The lowest BCUT2D eigenvalue weighted by Crippen LogP contribution is -2.29. The minimum atomic E-state index is -1.78. The number of carbonyl (C=O) groups excluding carboxylic acids is 1. The molecule has 0 amide bonds. The number of benzene rings is 1. The highest BCUT2D eigenvalue weighted by Gasteiger charge is 2.27. The molecule has 0 saturated carbocycles. The lowest BCUT2D eigenvalue weighted by Gasteiger charge is -2.16. The van der Waals surface area contributed by atoms with Gasteiger partial charge in [0.05, 0.1) is 12.0 Å². The molecule has 0 aromatic heterocycles. The number of methoxy groups -OCH3 is 1. The molecule has 1 rings (SSSR count). The van der Waals surface area contributed by atoms with Gasteiger partial charge in [0, 0.05) is 11.6 Å². The summed E-state index contributed by atoms with van der Waals surface area (Å²) in [5.74, 6) is -1.01. The third-order valence-corrected chi connectivity index (χ3v) is 2.51. The van der Waals surface area contributed by atoms with Crippen molar-refractivity contribution in [1.29, 1.82) is 0 Å². The van der Waals surface area contributed by atoms with Crippen LogP contribution in [0, 0.1) is 17.0 Å². The summed E-state index contributed by atoms with van der Waals surface area (Å²) in [6.07, 6.45) is -3.35. The van der Waals surface area contributed by atoms with Gasteiger partial charge in [0.2, 0.25) is 0 Å². The molecule has 0 aliphatic carbocycles. The number of nitrogens with zero attached hydrogens (tertiary/aromatic N) is 1. The largest absolute Gasteiger partial charge is 0.467 e. The van der Waals surface area contributed by atoms with Crippen LogP contribution < -0.4 is 0 Å². The first-order chi connectivity index (χ1) is 8.38. The molecule has 0 saturated heterocycles. The van der Waals surface area contributed by atoms with Crippen LogP contribution in [-0.4, -0.2) is 34.3 Å². The van der Waals surface area contributed by atoms with E-state index in [9.17, 15) is 25.1 Å². The Morgan fingerprint density at radius 2 is 2.06 bits per heavy atom. The highest BCUT2D eigenvalue weighted by molar-refractivity contribution is 5.75. The second kappa shape index (κ2) is 5.56. The summed E-state index contributed by atoms with van der Waals surface area (Å²) >= 11 is 0. The SMILES string of the molecule is COC(=O)C(O)C(O)c1ccc(C)c([N+](=O)[O-])c1. The Balaban J connectivity index is 3.07. The van der Waals surface area contributed by atoms with Crippen LogP contribution in [0.5, 0.6) is 0 Å². The van der Waals surface area contributed by atoms with Crippen LogP contribution in [-0.2, 0) is 9.53 Å². The maximum absolute atomic E-state index is 11.0. The summed E-state index contributed by atoms with van der Waals surface area (Å²) in [6.45, 7) is 1.55. The van der Waals surface area contributed by atoms with Crippen molar-refractivity contribution in [3.63, 3.8) is 0 Å². The Labute approximate surface area is 103 Å². The van der Waals surface area contributed by atoms with Gasteiger partial charge in [-0.3, -0.25) is 10.1 Å². The van der Waals surface area contributed by atoms with E-state index in [1.807, 2.05) is 0 Å². The summed E-state index contributed by atoms with van der Waals surface area (Å²) in [7, 11) is 1.07. The van der Waals surface area contributed by atoms with Crippen molar-refractivity contribution in [3.05, 3.63) is 39.4 Å². The van der Waals surface area contributed by atoms with Crippen LogP contribution in [0.3, 0.4) is 0 Å². The van der Waals surface area contributed by atoms with Gasteiger partial charge in [-0.2, -0.15) is 0 Å². The normalized spacial score (nSPS) is 13.8. The number of rotatable bonds is 4. The van der Waals surface area contributed by atoms with Gasteiger partial charge in [-0.05, 0) is 12.5 Å². The Bertz CT molecular complexity index is 473. The zero-order chi connectivity index (χ0) is 13.9. The average Bonchev–Trinajstić information content (AvgIpc) is 2.36. The van der Waals surface area contributed by atoms with Crippen molar-refractivity contribution in [2.75, 3.05) is 7.11 Å². The molecule has 0 spiro atoms. The highest BCUT2D eigenvalue weighted by atomic mass is 16.6. The van der Waals surface area contributed by atoms with Crippen LogP contribution >= 0.6 is 0 Å². The molecule has 0 aliphatic heterocycles. The van der Waals surface area contributed by atoms with E-state index >= 15 is 0 Å². The first-order valence-corrected chi connectivity index (χ1v) is 5.07. The van der Waals surface area contributed by atoms with Gasteiger partial charge < -0.3 is 14.9 Å². The number of aryl methyl sites for hydroxylation is 1. The fourth-order valence-corrected chi connectivity index (χ4v) is 1.44. The molecule has 1 aromatic rings. The molecule has 0 bridgehead atoms. The second-order valence-corrected chi connectivity index (χ2v) is 3.72. The molecular formula is C11H13NO6. The molecule has 18 heavy (non-hydrogen) atoms. The van der Waals surface area contributed by atoms with Gasteiger partial charge in [0.1, 0.15) is 6.10 Å². The first-order valence-electron chi connectivity index (χ1n) is 5.07. The van der Waals surface area contributed by atoms with Gasteiger partial charge in [0.25, 0.3) is 5.69 Å². The third-order valence-electron chi connectivity index (χ3n) is 2.51. The van der Waals surface area contributed by atoms with Gasteiger partial charge in [-0.1, -0.05) is 12.1 Å². The molecular weight excluding hydrogens is 242 g/mol. The monoisotopic (exact) mass is 255 g/mol. The van der Waals surface area contributed by atoms with Crippen molar-refractivity contribution in [2.45, 2.75) is 19.1 Å². The molecule has 0 radical (unpaired) electrons. The van der Waals surface area contributed by atoms with Crippen molar-refractivity contribution in [1.82, 2.24) is 0 Å². The number of aliphatic hydroxyl groups excluding tert-OH is 2. The van der Waals surface area contributed by atoms with Crippen LogP contribution in [0.4, 0.5) is 5.69 Å². The van der Waals surface area contributed by atoms with E-state index in [-0.39, 0.29) is 11.3 Å². The molecule has 7 heteroatoms. The molecule has 0 fully saturated rings. The fraction of sp³-hybridized carbons (Fsp3) is 0.364. The fourth-order valence-electron chi connectivity index (χ4n) is 1.44. The van der Waals surface area contributed by atoms with Crippen molar-refractivity contribution in [3.8, 4) is 0 Å². The number of aliphatic hydroxyl groups is 2. The number of nitro groups is 1. The smallest absolute Gasteiger partial charge is 0.337 e. The third kappa shape index (κ3) is 2.82. The number of nitro benzene ring substituents is 1. The minimum absolute atomic E-state index is 0.0743. The molecule has 2 N–H and O–H groups in total. The molecule has 0 heterocycles. The Hall–Kier alpha value is -1.99. The minimum Gasteiger partial charge on any atom is -0.467 e. The maximum atomic E-state index is 11.0. The van der Waals surface area contributed by atoms with E-state index in [1.165, 1.54) is 12.1 Å². The predicted molar refractivity (Wildman–Crippen MR) is 60.8 cm³/mol. The van der Waals surface area contributed by atoms with Gasteiger partial charge in [-0.25, -0.2) is 4.79 Å². The van der Waals surface area contributed by atoms with E-state index in [2.05, 4.69) is 4.74 Å². The average molecular weight is 255 g/mol. The maximum Gasteiger partial charge on any atom is 0.337 e. The van der Waals surface area contributed by atoms with E-state index in [4.69, 9.17) is 0 Å². The summed E-state index contributed by atoms with van der Waals surface area (Å²) in [6, 6.07) is 3.95. The number of hydrogen-bond donors (Lipinski definition) is 2. The van der Waals surface area contributed by atoms with E-state index < -0.39 is 23.1 Å². The lowest BCUT2D eigenvalue weighted by atomic mass is 10.0. The number of ether oxygens (including phenoxy) is 1. The van der Waals surface area contributed by atoms with E-state index in [0.29, 0.717) is 5.56 Å². The number of hydrogen-bond acceptors (Lipinski definition) is 6. The lowest BCUT2D eigenvalue weighted by molar-refractivity contribution is -0.385. The Morgan fingerprint density at radius 3 is 2.56 bits per heavy atom. The van der Waals surface area contributed by atoms with Crippen molar-refractivity contribution >= 4 is 11.7 Å². The summed E-state index contributed by atoms with van der Waals surface area (Å²) in [4.78, 5) is 21.2. The molecule has 2 atom stereocenters. The van der Waals surface area contributed by atoms with Crippen molar-refractivity contribution < 1.29 is 24.7 Å². The van der Waals surface area contributed by atoms with Crippen LogP contribution in [0.25, 0.3) is 0 Å². The molecule has 7 nitrogen and oxygen atoms in total. The molecule has 0 aliphatic rings. The summed E-state index contributed by atoms with van der Waals surface area (Å²) in [5.41, 5.74) is 0.303. The zero-order valence-electron chi connectivity index (χ0n) is 9.86. The van der Waals surface area contributed by atoms with Gasteiger partial charge in [0.15, 0.2) is 6.10 Å². The van der Waals surface area contributed by atoms with Crippen LogP contribution in [0.15, 0.2) is 18.2 Å². The van der Waals surface area contributed by atoms with Gasteiger partial charge in [-0.15, -0.1) is 0 Å². The number of esters is 1. The van der Waals surface area contributed by atoms with E-state index in [1.54, 1.807) is 6.92 Å². The molecule has 2 unspecified atom stereocenters. The Kier molecular flexibility index (Phi) is 4.35. The first kappa shape index (κ1) is 14.1. The quantitative estimate of drug-likeness (QED) is 0.459. The molecule has 1 aromatic carbocycles. The zero-order valence-corrected chi connectivity index (χ0v) is 9.86. The van der Waals surface area contributed by atoms with Crippen molar-refractivity contribution in [2.24, 2.45) is 0 Å². The highest BCUT2D eigenvalue weighted by Crippen LogP contribution is 2.25. The van der Waals surface area contributed by atoms with E-state index in [0.717, 1.165) is 13.2 Å². The predicted octanol–water partition coefficient (Wildman–Crippen LogP) is 0.471. The second-order valence-electron chi connectivity index (χ2n) is 3.72.